The molecule has 2 N–H and O–H groups in total. The van der Waals surface area contributed by atoms with E-state index in [0.717, 1.165) is 7.05 Å². The summed E-state index contributed by atoms with van der Waals surface area (Å²) < 4.78 is 37.9. The normalized spacial score (nSPS) is 11.6. The lowest BCUT2D eigenvalue weighted by atomic mass is 10.3. The Morgan fingerprint density at radius 3 is 2.59 bits per heavy atom. The number of aromatic nitrogens is 2. The first-order chi connectivity index (χ1) is 7.79. The minimum atomic E-state index is -4.60. The van der Waals surface area contributed by atoms with E-state index >= 15 is 0 Å². The van der Waals surface area contributed by atoms with Crippen LogP contribution in [0.2, 0.25) is 0 Å². The van der Waals surface area contributed by atoms with Gasteiger partial charge in [-0.2, -0.15) is 18.3 Å². The van der Waals surface area contributed by atoms with Crippen molar-refractivity contribution >= 4 is 21.8 Å². The first-order valence-corrected chi connectivity index (χ1v) is 5.27. The number of aliphatic hydroxyl groups is 1. The molecule has 1 aromatic rings. The first kappa shape index (κ1) is 14.0. The maximum atomic E-state index is 12.6. The second-order valence-electron chi connectivity index (χ2n) is 3.11. The van der Waals surface area contributed by atoms with Crippen molar-refractivity contribution in [2.75, 3.05) is 13.2 Å². The molecule has 1 rings (SSSR count). The van der Waals surface area contributed by atoms with Crippen LogP contribution in [0.3, 0.4) is 0 Å². The molecule has 0 radical (unpaired) electrons. The van der Waals surface area contributed by atoms with E-state index in [1.807, 2.05) is 0 Å². The van der Waals surface area contributed by atoms with Crippen LogP contribution < -0.4 is 5.32 Å². The van der Waals surface area contributed by atoms with Crippen molar-refractivity contribution in [3.63, 3.8) is 0 Å². The summed E-state index contributed by atoms with van der Waals surface area (Å²) in [6.07, 6.45) is -4.60. The number of hydrogen-bond donors (Lipinski definition) is 2. The minimum absolute atomic E-state index is 0.0524. The summed E-state index contributed by atoms with van der Waals surface area (Å²) in [5.41, 5.74) is -1.40. The predicted molar refractivity (Wildman–Crippen MR) is 55.3 cm³/mol. The monoisotopic (exact) mass is 315 g/mol. The highest BCUT2D eigenvalue weighted by Gasteiger charge is 2.39. The fourth-order valence-corrected chi connectivity index (χ4v) is 1.95. The highest BCUT2D eigenvalue weighted by atomic mass is 79.9. The fraction of sp³-hybridized carbons (Fsp3) is 0.500. The van der Waals surface area contributed by atoms with Gasteiger partial charge in [0.15, 0.2) is 11.4 Å². The molecule has 0 atom stereocenters. The molecule has 0 unspecified atom stereocenters. The Labute approximate surface area is 103 Å². The van der Waals surface area contributed by atoms with Gasteiger partial charge in [-0.3, -0.25) is 9.48 Å². The zero-order valence-corrected chi connectivity index (χ0v) is 10.3. The van der Waals surface area contributed by atoms with Crippen LogP contribution in [0.15, 0.2) is 4.47 Å². The van der Waals surface area contributed by atoms with Gasteiger partial charge >= 0.3 is 6.18 Å². The van der Waals surface area contributed by atoms with Crippen LogP contribution >= 0.6 is 15.9 Å². The van der Waals surface area contributed by atoms with Crippen molar-refractivity contribution in [1.29, 1.82) is 0 Å². The maximum Gasteiger partial charge on any atom is 0.434 e. The van der Waals surface area contributed by atoms with E-state index in [-0.39, 0.29) is 18.8 Å². The predicted octanol–water partition coefficient (Wildman–Crippen LogP) is 0.924. The summed E-state index contributed by atoms with van der Waals surface area (Å²) >= 11 is 2.70. The molecule has 5 nitrogen and oxygen atoms in total. The minimum Gasteiger partial charge on any atom is -0.395 e. The quantitative estimate of drug-likeness (QED) is 0.871. The number of rotatable bonds is 3. The molecule has 17 heavy (non-hydrogen) atoms. The number of carbonyl (C=O) groups is 1. The standard InChI is InChI=1S/C8H9BrF3N3O2/c1-15-6(8(10,11)12)4(9)5(14-15)7(17)13-2-3-16/h16H,2-3H2,1H3,(H,13,17). The van der Waals surface area contributed by atoms with E-state index in [9.17, 15) is 18.0 Å². The second kappa shape index (κ2) is 5.05. The third-order valence-electron chi connectivity index (χ3n) is 1.87. The number of nitrogens with one attached hydrogen (secondary N) is 1. The van der Waals surface area contributed by atoms with E-state index in [1.54, 1.807) is 0 Å². The van der Waals surface area contributed by atoms with Crippen LogP contribution in [0.1, 0.15) is 16.2 Å². The summed E-state index contributed by atoms with van der Waals surface area (Å²) in [6.45, 7) is -0.356. The largest absolute Gasteiger partial charge is 0.434 e. The van der Waals surface area contributed by atoms with Crippen molar-refractivity contribution in [3.8, 4) is 0 Å². The fourth-order valence-electron chi connectivity index (χ4n) is 1.20. The summed E-state index contributed by atoms with van der Waals surface area (Å²) in [7, 11) is 1.09. The third-order valence-corrected chi connectivity index (χ3v) is 2.62. The van der Waals surface area contributed by atoms with Gasteiger partial charge in [0.1, 0.15) is 0 Å². The Kier molecular flexibility index (Phi) is 4.15. The van der Waals surface area contributed by atoms with Crippen LogP contribution in [-0.4, -0.2) is 33.9 Å². The number of carbonyl (C=O) groups excluding carboxylic acids is 1. The number of halogens is 4. The average Bonchev–Trinajstić information content (AvgIpc) is 2.49. The molecule has 0 spiro atoms. The Balaban J connectivity index is 3.09. The zero-order valence-electron chi connectivity index (χ0n) is 8.68. The Hall–Kier alpha value is -1.09. The van der Waals surface area contributed by atoms with Crippen LogP contribution in [0.25, 0.3) is 0 Å². The summed E-state index contributed by atoms with van der Waals surface area (Å²) in [5.74, 6) is -0.781. The lowest BCUT2D eigenvalue weighted by Crippen LogP contribution is -2.27. The van der Waals surface area contributed by atoms with E-state index < -0.39 is 22.3 Å². The first-order valence-electron chi connectivity index (χ1n) is 4.47. The van der Waals surface area contributed by atoms with Crippen LogP contribution in [0, 0.1) is 0 Å². The molecule has 1 heterocycles. The Bertz CT molecular complexity index is 430. The molecule has 0 bridgehead atoms. The lowest BCUT2D eigenvalue weighted by molar-refractivity contribution is -0.144. The van der Waals surface area contributed by atoms with E-state index in [2.05, 4.69) is 26.3 Å². The van der Waals surface area contributed by atoms with Gasteiger partial charge in [0.25, 0.3) is 5.91 Å². The van der Waals surface area contributed by atoms with Crippen molar-refractivity contribution in [3.05, 3.63) is 15.9 Å². The summed E-state index contributed by atoms with van der Waals surface area (Å²) in [4.78, 5) is 11.4. The molecule has 0 aliphatic carbocycles. The summed E-state index contributed by atoms with van der Waals surface area (Å²) in [6, 6.07) is 0. The van der Waals surface area contributed by atoms with Crippen molar-refractivity contribution < 1.29 is 23.1 Å². The van der Waals surface area contributed by atoms with Crippen molar-refractivity contribution in [2.24, 2.45) is 7.05 Å². The van der Waals surface area contributed by atoms with Gasteiger partial charge in [-0.05, 0) is 15.9 Å². The molecule has 0 aliphatic rings. The number of nitrogens with zero attached hydrogens (tertiary/aromatic N) is 2. The molecule has 0 saturated carbocycles. The van der Waals surface area contributed by atoms with E-state index in [1.165, 1.54) is 0 Å². The van der Waals surface area contributed by atoms with Gasteiger partial charge in [0.2, 0.25) is 0 Å². The Morgan fingerprint density at radius 2 is 2.18 bits per heavy atom. The molecule has 0 fully saturated rings. The molecule has 0 aromatic carbocycles. The van der Waals surface area contributed by atoms with Gasteiger partial charge in [0, 0.05) is 13.6 Å². The third kappa shape index (κ3) is 2.97. The molecule has 1 amide bonds. The van der Waals surface area contributed by atoms with Gasteiger partial charge in [0.05, 0.1) is 11.1 Å². The van der Waals surface area contributed by atoms with Gasteiger partial charge in [-0.1, -0.05) is 0 Å². The Morgan fingerprint density at radius 1 is 1.59 bits per heavy atom. The number of aryl methyl sites for hydroxylation is 1. The highest BCUT2D eigenvalue weighted by molar-refractivity contribution is 9.10. The summed E-state index contributed by atoms with van der Waals surface area (Å²) in [5, 5.41) is 14.2. The van der Waals surface area contributed by atoms with Crippen LogP contribution in [0.5, 0.6) is 0 Å². The van der Waals surface area contributed by atoms with E-state index in [4.69, 9.17) is 5.11 Å². The lowest BCUT2D eigenvalue weighted by Gasteiger charge is -2.06. The number of alkyl halides is 3. The molecular formula is C8H9BrF3N3O2. The van der Waals surface area contributed by atoms with Crippen LogP contribution in [0.4, 0.5) is 13.2 Å². The average molecular weight is 316 g/mol. The topological polar surface area (TPSA) is 67.2 Å². The van der Waals surface area contributed by atoms with Crippen molar-refractivity contribution in [2.45, 2.75) is 6.18 Å². The van der Waals surface area contributed by atoms with Crippen molar-refractivity contribution in [1.82, 2.24) is 15.1 Å². The van der Waals surface area contributed by atoms with Crippen LogP contribution in [-0.2, 0) is 13.2 Å². The van der Waals surface area contributed by atoms with E-state index in [0.29, 0.717) is 4.68 Å². The maximum absolute atomic E-state index is 12.6. The SMILES string of the molecule is Cn1nc(C(=O)NCCO)c(Br)c1C(F)(F)F. The zero-order chi connectivity index (χ0) is 13.2. The van der Waals surface area contributed by atoms with Gasteiger partial charge in [-0.15, -0.1) is 0 Å². The van der Waals surface area contributed by atoms with Gasteiger partial charge < -0.3 is 10.4 Å². The smallest absolute Gasteiger partial charge is 0.395 e. The second-order valence-corrected chi connectivity index (χ2v) is 3.91. The number of aliphatic hydroxyl groups excluding tert-OH is 1. The molecule has 0 aliphatic heterocycles. The molecule has 9 heteroatoms. The number of amides is 1. The molecule has 0 saturated heterocycles. The number of hydrogen-bond acceptors (Lipinski definition) is 3. The molecule has 1 aromatic heterocycles. The van der Waals surface area contributed by atoms with Gasteiger partial charge in [-0.25, -0.2) is 0 Å². The molecule has 96 valence electrons. The highest BCUT2D eigenvalue weighted by Crippen LogP contribution is 2.36. The molecular weight excluding hydrogens is 307 g/mol.